The van der Waals surface area contributed by atoms with Gasteiger partial charge in [0.05, 0.1) is 19.1 Å². The Morgan fingerprint density at radius 2 is 2.15 bits per heavy atom. The zero-order valence-corrected chi connectivity index (χ0v) is 8.32. The Balaban J connectivity index is 3.55. The van der Waals surface area contributed by atoms with Crippen molar-refractivity contribution >= 4 is 5.97 Å². The molecule has 0 bridgehead atoms. The molecule has 0 radical (unpaired) electrons. The Morgan fingerprint density at radius 3 is 2.69 bits per heavy atom. The molecule has 3 heteroatoms. The highest BCUT2D eigenvalue weighted by Gasteiger charge is 2.09. The third-order valence-corrected chi connectivity index (χ3v) is 1.52. The summed E-state index contributed by atoms with van der Waals surface area (Å²) in [6.07, 6.45) is 4.79. The molecule has 0 saturated heterocycles. The molecular formula is C10H18O3. The third-order valence-electron chi connectivity index (χ3n) is 1.52. The molecule has 0 amide bonds. The van der Waals surface area contributed by atoms with E-state index in [1.807, 2.05) is 19.1 Å². The maximum absolute atomic E-state index is 10.9. The highest BCUT2D eigenvalue weighted by molar-refractivity contribution is 5.69. The van der Waals surface area contributed by atoms with Gasteiger partial charge in [-0.15, -0.1) is 0 Å². The van der Waals surface area contributed by atoms with Gasteiger partial charge in [-0.1, -0.05) is 19.1 Å². The monoisotopic (exact) mass is 186 g/mol. The lowest BCUT2D eigenvalue weighted by Gasteiger charge is -2.06. The molecular weight excluding hydrogens is 168 g/mol. The SMILES string of the molecule is CC/C=C\C[C@@H](O)CC(=O)OCC. The number of ether oxygens (including phenoxy) is 1. The Labute approximate surface area is 79.4 Å². The summed E-state index contributed by atoms with van der Waals surface area (Å²) in [5, 5.41) is 9.32. The van der Waals surface area contributed by atoms with E-state index in [9.17, 15) is 9.90 Å². The molecule has 0 aromatic carbocycles. The zero-order valence-electron chi connectivity index (χ0n) is 8.32. The first-order chi connectivity index (χ1) is 6.20. The zero-order chi connectivity index (χ0) is 10.1. The number of allylic oxidation sites excluding steroid dienone is 1. The summed E-state index contributed by atoms with van der Waals surface area (Å²) >= 11 is 0. The quantitative estimate of drug-likeness (QED) is 0.507. The van der Waals surface area contributed by atoms with Crippen molar-refractivity contribution in [1.82, 2.24) is 0 Å². The van der Waals surface area contributed by atoms with Gasteiger partial charge in [-0.3, -0.25) is 4.79 Å². The first kappa shape index (κ1) is 12.2. The van der Waals surface area contributed by atoms with Crippen LogP contribution in [0, 0.1) is 0 Å². The molecule has 0 aliphatic heterocycles. The molecule has 3 nitrogen and oxygen atoms in total. The molecule has 0 spiro atoms. The summed E-state index contributed by atoms with van der Waals surface area (Å²) in [5.41, 5.74) is 0. The van der Waals surface area contributed by atoms with Crippen LogP contribution in [0.4, 0.5) is 0 Å². The average molecular weight is 186 g/mol. The van der Waals surface area contributed by atoms with Crippen LogP contribution >= 0.6 is 0 Å². The van der Waals surface area contributed by atoms with E-state index in [1.54, 1.807) is 6.92 Å². The molecule has 0 fully saturated rings. The van der Waals surface area contributed by atoms with Crippen LogP contribution in [0.2, 0.25) is 0 Å². The van der Waals surface area contributed by atoms with E-state index < -0.39 is 6.10 Å². The summed E-state index contributed by atoms with van der Waals surface area (Å²) < 4.78 is 4.70. The van der Waals surface area contributed by atoms with Crippen LogP contribution in [0.1, 0.15) is 33.1 Å². The Morgan fingerprint density at radius 1 is 1.46 bits per heavy atom. The minimum absolute atomic E-state index is 0.0852. The fourth-order valence-corrected chi connectivity index (χ4v) is 0.916. The van der Waals surface area contributed by atoms with Crippen LogP contribution in [-0.2, 0) is 9.53 Å². The number of aliphatic hydroxyl groups is 1. The lowest BCUT2D eigenvalue weighted by Crippen LogP contribution is -2.14. The first-order valence-electron chi connectivity index (χ1n) is 4.69. The molecule has 1 atom stereocenters. The van der Waals surface area contributed by atoms with E-state index in [-0.39, 0.29) is 12.4 Å². The van der Waals surface area contributed by atoms with E-state index in [0.29, 0.717) is 13.0 Å². The highest BCUT2D eigenvalue weighted by atomic mass is 16.5. The van der Waals surface area contributed by atoms with E-state index in [1.165, 1.54) is 0 Å². The van der Waals surface area contributed by atoms with Gasteiger partial charge in [0.15, 0.2) is 0 Å². The predicted octanol–water partition coefficient (Wildman–Crippen LogP) is 1.66. The van der Waals surface area contributed by atoms with Gasteiger partial charge >= 0.3 is 5.97 Å². The topological polar surface area (TPSA) is 46.5 Å². The number of esters is 1. The second-order valence-corrected chi connectivity index (χ2v) is 2.78. The summed E-state index contributed by atoms with van der Waals surface area (Å²) in [6.45, 7) is 4.14. The van der Waals surface area contributed by atoms with E-state index >= 15 is 0 Å². The molecule has 0 saturated carbocycles. The average Bonchev–Trinajstić information content (AvgIpc) is 2.05. The second kappa shape index (κ2) is 7.80. The molecule has 76 valence electrons. The van der Waals surface area contributed by atoms with Crippen LogP contribution in [0.25, 0.3) is 0 Å². The van der Waals surface area contributed by atoms with Gasteiger partial charge in [0.25, 0.3) is 0 Å². The van der Waals surface area contributed by atoms with Gasteiger partial charge in [-0.05, 0) is 19.8 Å². The highest BCUT2D eigenvalue weighted by Crippen LogP contribution is 2.01. The van der Waals surface area contributed by atoms with Crippen molar-refractivity contribution in [3.63, 3.8) is 0 Å². The Hall–Kier alpha value is -0.830. The van der Waals surface area contributed by atoms with Crippen molar-refractivity contribution in [2.24, 2.45) is 0 Å². The van der Waals surface area contributed by atoms with Crippen molar-refractivity contribution in [2.75, 3.05) is 6.61 Å². The third kappa shape index (κ3) is 7.53. The van der Waals surface area contributed by atoms with Gasteiger partial charge in [0, 0.05) is 0 Å². The molecule has 0 aromatic rings. The summed E-state index contributed by atoms with van der Waals surface area (Å²) in [4.78, 5) is 10.9. The largest absolute Gasteiger partial charge is 0.466 e. The maximum Gasteiger partial charge on any atom is 0.308 e. The minimum atomic E-state index is -0.609. The molecule has 0 aromatic heterocycles. The molecule has 13 heavy (non-hydrogen) atoms. The van der Waals surface area contributed by atoms with E-state index in [2.05, 4.69) is 0 Å². The van der Waals surface area contributed by atoms with E-state index in [0.717, 1.165) is 6.42 Å². The van der Waals surface area contributed by atoms with Gasteiger partial charge in [0.1, 0.15) is 0 Å². The van der Waals surface area contributed by atoms with Crippen molar-refractivity contribution in [3.05, 3.63) is 12.2 Å². The molecule has 1 N–H and O–H groups in total. The molecule has 0 rings (SSSR count). The number of aliphatic hydroxyl groups excluding tert-OH is 1. The predicted molar refractivity (Wildman–Crippen MR) is 51.3 cm³/mol. The molecule has 0 heterocycles. The smallest absolute Gasteiger partial charge is 0.308 e. The molecule has 0 aliphatic rings. The fraction of sp³-hybridized carbons (Fsp3) is 0.700. The van der Waals surface area contributed by atoms with Crippen molar-refractivity contribution in [1.29, 1.82) is 0 Å². The number of carbonyl (C=O) groups is 1. The van der Waals surface area contributed by atoms with Crippen LogP contribution < -0.4 is 0 Å². The van der Waals surface area contributed by atoms with Gasteiger partial charge in [-0.25, -0.2) is 0 Å². The van der Waals surface area contributed by atoms with E-state index in [4.69, 9.17) is 4.74 Å². The van der Waals surface area contributed by atoms with Crippen molar-refractivity contribution < 1.29 is 14.6 Å². The standard InChI is InChI=1S/C10H18O3/c1-3-5-6-7-9(11)8-10(12)13-4-2/h5-6,9,11H,3-4,7-8H2,1-2H3/b6-5-/t9-/m1/s1. The van der Waals surface area contributed by atoms with Gasteiger partial charge in [0.2, 0.25) is 0 Å². The molecule has 0 aliphatic carbocycles. The lowest BCUT2D eigenvalue weighted by molar-refractivity contribution is -0.145. The molecule has 0 unspecified atom stereocenters. The Bertz CT molecular complexity index is 164. The van der Waals surface area contributed by atoms with Crippen LogP contribution in [-0.4, -0.2) is 23.8 Å². The number of hydrogen-bond donors (Lipinski definition) is 1. The lowest BCUT2D eigenvalue weighted by atomic mass is 10.2. The first-order valence-corrected chi connectivity index (χ1v) is 4.69. The number of hydrogen-bond acceptors (Lipinski definition) is 3. The van der Waals surface area contributed by atoms with Crippen molar-refractivity contribution in [2.45, 2.75) is 39.2 Å². The van der Waals surface area contributed by atoms with Gasteiger partial charge in [-0.2, -0.15) is 0 Å². The number of carbonyl (C=O) groups excluding carboxylic acids is 1. The van der Waals surface area contributed by atoms with Crippen molar-refractivity contribution in [3.8, 4) is 0 Å². The summed E-state index contributed by atoms with van der Waals surface area (Å²) in [7, 11) is 0. The van der Waals surface area contributed by atoms with Crippen LogP contribution in [0.5, 0.6) is 0 Å². The van der Waals surface area contributed by atoms with Gasteiger partial charge < -0.3 is 9.84 Å². The normalized spacial score (nSPS) is 13.2. The number of rotatable bonds is 6. The summed E-state index contributed by atoms with van der Waals surface area (Å²) in [6, 6.07) is 0. The van der Waals surface area contributed by atoms with Crippen LogP contribution in [0.15, 0.2) is 12.2 Å². The maximum atomic E-state index is 10.9. The second-order valence-electron chi connectivity index (χ2n) is 2.78. The fourth-order valence-electron chi connectivity index (χ4n) is 0.916. The Kier molecular flexibility index (Phi) is 7.30. The minimum Gasteiger partial charge on any atom is -0.466 e. The summed E-state index contributed by atoms with van der Waals surface area (Å²) in [5.74, 6) is -0.333. The van der Waals surface area contributed by atoms with Crippen LogP contribution in [0.3, 0.4) is 0 Å².